The van der Waals surface area contributed by atoms with Crippen LogP contribution in [0.15, 0.2) is 18.2 Å². The molecule has 0 amide bonds. The number of nitriles is 1. The van der Waals surface area contributed by atoms with Gasteiger partial charge in [-0.2, -0.15) is 5.26 Å². The molecule has 0 unspecified atom stereocenters. The van der Waals surface area contributed by atoms with Crippen molar-refractivity contribution in [2.24, 2.45) is 0 Å². The summed E-state index contributed by atoms with van der Waals surface area (Å²) in [6, 6.07) is 7.56. The normalized spacial score (nSPS) is 17.6. The highest BCUT2D eigenvalue weighted by Gasteiger charge is 2.39. The van der Waals surface area contributed by atoms with Crippen LogP contribution in [0.5, 0.6) is 11.5 Å². The van der Waals surface area contributed by atoms with Crippen LogP contribution >= 0.6 is 0 Å². The van der Waals surface area contributed by atoms with E-state index in [1.54, 1.807) is 12.1 Å². The molecule has 78 valence electrons. The Bertz CT molecular complexity index is 416. The predicted molar refractivity (Wildman–Crippen MR) is 55.8 cm³/mol. The molecule has 3 nitrogen and oxygen atoms in total. The van der Waals surface area contributed by atoms with E-state index in [9.17, 15) is 5.11 Å². The smallest absolute Gasteiger partial charge is 0.160 e. The zero-order chi connectivity index (χ0) is 10.9. The molecule has 1 aliphatic rings. The van der Waals surface area contributed by atoms with Crippen LogP contribution in [0, 0.1) is 11.3 Å². The maximum Gasteiger partial charge on any atom is 0.160 e. The van der Waals surface area contributed by atoms with Crippen molar-refractivity contribution in [3.63, 3.8) is 0 Å². The molecule has 0 radical (unpaired) electrons. The van der Waals surface area contributed by atoms with Crippen LogP contribution in [0.1, 0.15) is 24.8 Å². The molecule has 0 bridgehead atoms. The maximum absolute atomic E-state index is 9.64. The average molecular weight is 203 g/mol. The number of aromatic hydroxyl groups is 1. The molecule has 0 saturated heterocycles. The topological polar surface area (TPSA) is 53.2 Å². The highest BCUT2D eigenvalue weighted by Crippen LogP contribution is 2.45. The minimum Gasteiger partial charge on any atom is -0.504 e. The summed E-state index contributed by atoms with van der Waals surface area (Å²) in [4.78, 5) is 0. The molecule has 1 N–H and O–H groups in total. The number of phenolic OH excluding ortho intramolecular Hbond substituents is 1. The van der Waals surface area contributed by atoms with E-state index >= 15 is 0 Å². The third-order valence-corrected chi connectivity index (χ3v) is 3.15. The number of benzene rings is 1. The quantitative estimate of drug-likeness (QED) is 0.802. The first-order chi connectivity index (χ1) is 7.22. The van der Waals surface area contributed by atoms with Crippen molar-refractivity contribution in [2.45, 2.75) is 24.7 Å². The minimum atomic E-state index is -0.371. The fraction of sp³-hybridized carbons (Fsp3) is 0.417. The zero-order valence-electron chi connectivity index (χ0n) is 8.66. The number of hydrogen-bond acceptors (Lipinski definition) is 3. The molecule has 1 aliphatic carbocycles. The van der Waals surface area contributed by atoms with Crippen molar-refractivity contribution in [2.75, 3.05) is 7.11 Å². The number of hydrogen-bond donors (Lipinski definition) is 1. The van der Waals surface area contributed by atoms with Gasteiger partial charge in [-0.15, -0.1) is 0 Å². The summed E-state index contributed by atoms with van der Waals surface area (Å²) in [5.74, 6) is 0.558. The van der Waals surface area contributed by atoms with E-state index in [-0.39, 0.29) is 11.2 Å². The summed E-state index contributed by atoms with van der Waals surface area (Å²) in [5.41, 5.74) is 0.526. The van der Waals surface area contributed by atoms with Crippen molar-refractivity contribution >= 4 is 0 Å². The molecule has 0 atom stereocenters. The third-order valence-electron chi connectivity index (χ3n) is 3.15. The fourth-order valence-electron chi connectivity index (χ4n) is 1.98. The van der Waals surface area contributed by atoms with Gasteiger partial charge in [0.15, 0.2) is 11.5 Å². The SMILES string of the molecule is COc1ccc(C2(C#N)CCC2)cc1O. The van der Waals surface area contributed by atoms with Gasteiger partial charge >= 0.3 is 0 Å². The highest BCUT2D eigenvalue weighted by molar-refractivity contribution is 5.47. The van der Waals surface area contributed by atoms with Gasteiger partial charge in [-0.25, -0.2) is 0 Å². The van der Waals surface area contributed by atoms with E-state index in [0.29, 0.717) is 5.75 Å². The fourth-order valence-corrected chi connectivity index (χ4v) is 1.98. The number of nitrogens with zero attached hydrogens (tertiary/aromatic N) is 1. The van der Waals surface area contributed by atoms with E-state index in [1.165, 1.54) is 7.11 Å². The first-order valence-corrected chi connectivity index (χ1v) is 5.00. The summed E-state index contributed by atoms with van der Waals surface area (Å²) in [5, 5.41) is 18.8. The van der Waals surface area contributed by atoms with E-state index in [4.69, 9.17) is 10.00 Å². The Morgan fingerprint density at radius 2 is 2.20 bits per heavy atom. The van der Waals surface area contributed by atoms with E-state index in [2.05, 4.69) is 6.07 Å². The average Bonchev–Trinajstić information content (AvgIpc) is 2.17. The molecule has 0 heterocycles. The van der Waals surface area contributed by atoms with E-state index in [1.807, 2.05) is 6.07 Å². The zero-order valence-corrected chi connectivity index (χ0v) is 8.66. The lowest BCUT2D eigenvalue weighted by Gasteiger charge is -2.35. The summed E-state index contributed by atoms with van der Waals surface area (Å²) in [6.07, 6.45) is 2.85. The molecule has 15 heavy (non-hydrogen) atoms. The lowest BCUT2D eigenvalue weighted by atomic mass is 9.65. The molecular weight excluding hydrogens is 190 g/mol. The molecule has 1 aromatic carbocycles. The van der Waals surface area contributed by atoms with Crippen molar-refractivity contribution in [1.82, 2.24) is 0 Å². The van der Waals surface area contributed by atoms with Gasteiger partial charge in [-0.05, 0) is 37.0 Å². The van der Waals surface area contributed by atoms with Gasteiger partial charge in [0, 0.05) is 0 Å². The molecule has 2 rings (SSSR count). The third kappa shape index (κ3) is 1.42. The van der Waals surface area contributed by atoms with Gasteiger partial charge in [0.1, 0.15) is 0 Å². The number of rotatable bonds is 2. The second-order valence-electron chi connectivity index (χ2n) is 3.93. The van der Waals surface area contributed by atoms with Crippen LogP contribution in [0.4, 0.5) is 0 Å². The molecule has 0 aromatic heterocycles. The van der Waals surface area contributed by atoms with E-state index in [0.717, 1.165) is 24.8 Å². The molecular formula is C12H13NO2. The first kappa shape index (κ1) is 9.85. The Morgan fingerprint density at radius 1 is 1.47 bits per heavy atom. The van der Waals surface area contributed by atoms with Gasteiger partial charge in [0.2, 0.25) is 0 Å². The van der Waals surface area contributed by atoms with Crippen LogP contribution < -0.4 is 4.74 Å². The molecule has 0 aliphatic heterocycles. The second-order valence-corrected chi connectivity index (χ2v) is 3.93. The van der Waals surface area contributed by atoms with Crippen molar-refractivity contribution < 1.29 is 9.84 Å². The monoisotopic (exact) mass is 203 g/mol. The second kappa shape index (κ2) is 3.47. The van der Waals surface area contributed by atoms with Gasteiger partial charge in [-0.3, -0.25) is 0 Å². The van der Waals surface area contributed by atoms with Crippen molar-refractivity contribution in [3.8, 4) is 17.6 Å². The Labute approximate surface area is 88.9 Å². The summed E-state index contributed by atoms with van der Waals surface area (Å²) in [7, 11) is 1.51. The Morgan fingerprint density at radius 3 is 2.60 bits per heavy atom. The maximum atomic E-state index is 9.64. The summed E-state index contributed by atoms with van der Waals surface area (Å²) in [6.45, 7) is 0. The lowest BCUT2D eigenvalue weighted by molar-refractivity contribution is 0.320. The number of methoxy groups -OCH3 is 1. The summed E-state index contributed by atoms with van der Waals surface area (Å²) < 4.78 is 4.97. The van der Waals surface area contributed by atoms with Crippen LogP contribution in [0.2, 0.25) is 0 Å². The van der Waals surface area contributed by atoms with Gasteiger partial charge in [0.05, 0.1) is 18.6 Å². The Kier molecular flexibility index (Phi) is 2.28. The highest BCUT2D eigenvalue weighted by atomic mass is 16.5. The lowest BCUT2D eigenvalue weighted by Crippen LogP contribution is -2.32. The van der Waals surface area contributed by atoms with Crippen LogP contribution in [-0.4, -0.2) is 12.2 Å². The number of ether oxygens (including phenoxy) is 1. The molecule has 1 aromatic rings. The van der Waals surface area contributed by atoms with Gasteiger partial charge in [-0.1, -0.05) is 6.07 Å². The molecule has 0 spiro atoms. The number of phenols is 1. The largest absolute Gasteiger partial charge is 0.504 e. The van der Waals surface area contributed by atoms with Gasteiger partial charge < -0.3 is 9.84 Å². The van der Waals surface area contributed by atoms with Crippen LogP contribution in [0.3, 0.4) is 0 Å². The van der Waals surface area contributed by atoms with Crippen LogP contribution in [-0.2, 0) is 5.41 Å². The van der Waals surface area contributed by atoms with Crippen molar-refractivity contribution in [3.05, 3.63) is 23.8 Å². The Balaban J connectivity index is 2.38. The summed E-state index contributed by atoms with van der Waals surface area (Å²) >= 11 is 0. The Hall–Kier alpha value is -1.69. The first-order valence-electron chi connectivity index (χ1n) is 5.00. The van der Waals surface area contributed by atoms with Gasteiger partial charge in [0.25, 0.3) is 0 Å². The predicted octanol–water partition coefficient (Wildman–Crippen LogP) is 2.35. The standard InChI is InChI=1S/C12H13NO2/c1-15-11-4-3-9(7-10(11)14)12(8-13)5-2-6-12/h3-4,7,14H,2,5-6H2,1H3. The minimum absolute atomic E-state index is 0.108. The van der Waals surface area contributed by atoms with Crippen LogP contribution in [0.25, 0.3) is 0 Å². The van der Waals surface area contributed by atoms with E-state index < -0.39 is 0 Å². The molecule has 1 fully saturated rings. The molecule has 3 heteroatoms. The van der Waals surface area contributed by atoms with Crippen molar-refractivity contribution in [1.29, 1.82) is 5.26 Å². The molecule has 1 saturated carbocycles.